The molecule has 2 unspecified atom stereocenters. The molecule has 0 aromatic carbocycles. The lowest BCUT2D eigenvalue weighted by Gasteiger charge is -2.08. The minimum absolute atomic E-state index is 0.0416. The summed E-state index contributed by atoms with van der Waals surface area (Å²) in [5, 5.41) is 0. The number of methoxy groups -OCH3 is 1. The molecule has 0 radical (unpaired) electrons. The molecular weight excluding hydrogens is 154 g/mol. The molecule has 1 spiro atoms. The van der Waals surface area contributed by atoms with Gasteiger partial charge in [-0.2, -0.15) is 0 Å². The van der Waals surface area contributed by atoms with Gasteiger partial charge in [-0.25, -0.2) is 0 Å². The summed E-state index contributed by atoms with van der Waals surface area (Å²) in [4.78, 5) is 10.9. The molecule has 0 bridgehead atoms. The monoisotopic (exact) mass is 169 g/mol. The van der Waals surface area contributed by atoms with Gasteiger partial charge in [-0.05, 0) is 30.6 Å². The van der Waals surface area contributed by atoms with Gasteiger partial charge in [0, 0.05) is 6.04 Å². The Balaban J connectivity index is 1.78. The zero-order valence-corrected chi connectivity index (χ0v) is 7.38. The molecule has 2 saturated carbocycles. The summed E-state index contributed by atoms with van der Waals surface area (Å²) in [6, 6.07) is 0.0416. The number of rotatable bonds is 3. The molecule has 12 heavy (non-hydrogen) atoms. The van der Waals surface area contributed by atoms with Crippen molar-refractivity contribution in [2.24, 2.45) is 17.1 Å². The topological polar surface area (TPSA) is 52.3 Å². The fourth-order valence-corrected chi connectivity index (χ4v) is 2.14. The summed E-state index contributed by atoms with van der Waals surface area (Å²) in [5.74, 6) is 0.432. The van der Waals surface area contributed by atoms with Crippen LogP contribution in [0.15, 0.2) is 0 Å². The lowest BCUT2D eigenvalue weighted by molar-refractivity contribution is -0.141. The van der Waals surface area contributed by atoms with Crippen LogP contribution in [0, 0.1) is 11.3 Å². The van der Waals surface area contributed by atoms with Crippen molar-refractivity contribution in [2.75, 3.05) is 7.11 Å². The second-order valence-corrected chi connectivity index (χ2v) is 4.12. The van der Waals surface area contributed by atoms with Gasteiger partial charge in [-0.3, -0.25) is 4.79 Å². The van der Waals surface area contributed by atoms with E-state index in [0.29, 0.717) is 17.8 Å². The number of nitrogens with two attached hydrogens (primary N) is 1. The summed E-state index contributed by atoms with van der Waals surface area (Å²) in [6.45, 7) is 0. The average Bonchev–Trinajstić information content (AvgIpc) is 2.93. The van der Waals surface area contributed by atoms with Gasteiger partial charge in [0.25, 0.3) is 0 Å². The highest BCUT2D eigenvalue weighted by molar-refractivity contribution is 5.70. The number of hydrogen-bond donors (Lipinski definition) is 1. The summed E-state index contributed by atoms with van der Waals surface area (Å²) in [5.41, 5.74) is 6.46. The fraction of sp³-hybridized carbons (Fsp3) is 0.889. The van der Waals surface area contributed by atoms with Crippen LogP contribution in [0.5, 0.6) is 0 Å². The van der Waals surface area contributed by atoms with E-state index < -0.39 is 0 Å². The Bertz CT molecular complexity index is 211. The van der Waals surface area contributed by atoms with Gasteiger partial charge in [0.1, 0.15) is 0 Å². The van der Waals surface area contributed by atoms with Crippen LogP contribution in [-0.4, -0.2) is 19.1 Å². The SMILES string of the molecule is COC(=O)CC(N)C1CC12CC2. The molecule has 0 aromatic heterocycles. The first-order valence-electron chi connectivity index (χ1n) is 4.50. The Morgan fingerprint density at radius 1 is 1.75 bits per heavy atom. The third-order valence-electron chi connectivity index (χ3n) is 3.29. The number of ether oxygens (including phenoxy) is 1. The van der Waals surface area contributed by atoms with E-state index in [1.165, 1.54) is 26.4 Å². The first kappa shape index (κ1) is 8.05. The van der Waals surface area contributed by atoms with Crippen molar-refractivity contribution in [1.29, 1.82) is 0 Å². The van der Waals surface area contributed by atoms with E-state index >= 15 is 0 Å². The fourth-order valence-electron chi connectivity index (χ4n) is 2.14. The zero-order chi connectivity index (χ0) is 8.77. The lowest BCUT2D eigenvalue weighted by atomic mass is 10.1. The van der Waals surface area contributed by atoms with Crippen molar-refractivity contribution in [1.82, 2.24) is 0 Å². The molecule has 2 fully saturated rings. The molecule has 0 amide bonds. The van der Waals surface area contributed by atoms with Gasteiger partial charge < -0.3 is 10.5 Å². The largest absolute Gasteiger partial charge is 0.469 e. The highest BCUT2D eigenvalue weighted by Crippen LogP contribution is 2.71. The molecule has 68 valence electrons. The van der Waals surface area contributed by atoms with Crippen LogP contribution < -0.4 is 5.73 Å². The van der Waals surface area contributed by atoms with Crippen molar-refractivity contribution < 1.29 is 9.53 Å². The maximum Gasteiger partial charge on any atom is 0.307 e. The van der Waals surface area contributed by atoms with E-state index in [1.54, 1.807) is 0 Å². The third kappa shape index (κ3) is 1.22. The molecule has 2 aliphatic carbocycles. The number of carbonyl (C=O) groups excluding carboxylic acids is 1. The summed E-state index contributed by atoms with van der Waals surface area (Å²) < 4.78 is 4.57. The molecular formula is C9H15NO2. The maximum absolute atomic E-state index is 10.9. The molecule has 0 aliphatic heterocycles. The highest BCUT2D eigenvalue weighted by atomic mass is 16.5. The molecule has 2 aliphatic rings. The molecule has 0 aromatic rings. The Labute approximate surface area is 72.3 Å². The Morgan fingerprint density at radius 3 is 2.83 bits per heavy atom. The van der Waals surface area contributed by atoms with Crippen LogP contribution in [-0.2, 0) is 9.53 Å². The maximum atomic E-state index is 10.9. The van der Waals surface area contributed by atoms with Crippen molar-refractivity contribution >= 4 is 5.97 Å². The third-order valence-corrected chi connectivity index (χ3v) is 3.29. The molecule has 0 heterocycles. The smallest absolute Gasteiger partial charge is 0.307 e. The average molecular weight is 169 g/mol. The highest BCUT2D eigenvalue weighted by Gasteiger charge is 2.64. The Morgan fingerprint density at radius 2 is 2.42 bits per heavy atom. The van der Waals surface area contributed by atoms with Gasteiger partial charge in [-0.15, -0.1) is 0 Å². The first-order chi connectivity index (χ1) is 5.68. The second-order valence-electron chi connectivity index (χ2n) is 4.12. The van der Waals surface area contributed by atoms with E-state index in [1.807, 2.05) is 0 Å². The summed E-state index contributed by atoms with van der Waals surface area (Å²) in [7, 11) is 1.41. The predicted octanol–water partition coefficient (Wildman–Crippen LogP) is 0.677. The van der Waals surface area contributed by atoms with E-state index in [4.69, 9.17) is 5.73 Å². The summed E-state index contributed by atoms with van der Waals surface area (Å²) >= 11 is 0. The van der Waals surface area contributed by atoms with E-state index in [-0.39, 0.29) is 12.0 Å². The molecule has 2 atom stereocenters. The quantitative estimate of drug-likeness (QED) is 0.632. The van der Waals surface area contributed by atoms with Crippen molar-refractivity contribution in [3.8, 4) is 0 Å². The minimum atomic E-state index is -0.176. The summed E-state index contributed by atoms with van der Waals surface area (Å²) in [6.07, 6.45) is 4.28. The molecule has 3 heteroatoms. The minimum Gasteiger partial charge on any atom is -0.469 e. The van der Waals surface area contributed by atoms with Crippen molar-refractivity contribution in [3.63, 3.8) is 0 Å². The van der Waals surface area contributed by atoms with Gasteiger partial charge in [0.15, 0.2) is 0 Å². The number of esters is 1. The standard InChI is InChI=1S/C9H15NO2/c1-12-8(11)4-7(10)6-5-9(6)2-3-9/h6-7H,2-5,10H2,1H3. The van der Waals surface area contributed by atoms with Gasteiger partial charge in [0.05, 0.1) is 13.5 Å². The molecule has 3 nitrogen and oxygen atoms in total. The van der Waals surface area contributed by atoms with Crippen LogP contribution in [0.1, 0.15) is 25.7 Å². The predicted molar refractivity (Wildman–Crippen MR) is 44.4 cm³/mol. The Kier molecular flexibility index (Phi) is 1.65. The second kappa shape index (κ2) is 2.46. The van der Waals surface area contributed by atoms with Crippen LogP contribution >= 0.6 is 0 Å². The molecule has 2 N–H and O–H groups in total. The van der Waals surface area contributed by atoms with Crippen LogP contribution in [0.25, 0.3) is 0 Å². The van der Waals surface area contributed by atoms with Crippen molar-refractivity contribution in [2.45, 2.75) is 31.7 Å². The first-order valence-corrected chi connectivity index (χ1v) is 4.50. The van der Waals surface area contributed by atoms with E-state index in [0.717, 1.165) is 0 Å². The normalized spacial score (nSPS) is 31.3. The van der Waals surface area contributed by atoms with E-state index in [9.17, 15) is 4.79 Å². The van der Waals surface area contributed by atoms with E-state index in [2.05, 4.69) is 4.74 Å². The molecule has 0 saturated heterocycles. The van der Waals surface area contributed by atoms with Gasteiger partial charge in [-0.1, -0.05) is 0 Å². The van der Waals surface area contributed by atoms with Gasteiger partial charge in [0.2, 0.25) is 0 Å². The number of hydrogen-bond acceptors (Lipinski definition) is 3. The Hall–Kier alpha value is -0.570. The lowest BCUT2D eigenvalue weighted by Crippen LogP contribution is -2.27. The van der Waals surface area contributed by atoms with Crippen LogP contribution in [0.3, 0.4) is 0 Å². The van der Waals surface area contributed by atoms with Gasteiger partial charge >= 0.3 is 5.97 Å². The zero-order valence-electron chi connectivity index (χ0n) is 7.38. The van der Waals surface area contributed by atoms with Crippen LogP contribution in [0.4, 0.5) is 0 Å². The van der Waals surface area contributed by atoms with Crippen LogP contribution in [0.2, 0.25) is 0 Å². The number of carbonyl (C=O) groups is 1. The molecule has 2 rings (SSSR count). The van der Waals surface area contributed by atoms with Crippen molar-refractivity contribution in [3.05, 3.63) is 0 Å².